The Morgan fingerprint density at radius 2 is 1.90 bits per heavy atom. The number of anilines is 1. The Labute approximate surface area is 128 Å². The van der Waals surface area contributed by atoms with Gasteiger partial charge in [0.15, 0.2) is 0 Å². The van der Waals surface area contributed by atoms with Gasteiger partial charge in [0, 0.05) is 17.9 Å². The Balaban J connectivity index is 2.09. The van der Waals surface area contributed by atoms with E-state index in [1.165, 1.54) is 11.3 Å². The van der Waals surface area contributed by atoms with E-state index in [9.17, 15) is 0 Å². The monoisotopic (exact) mass is 285 g/mol. The van der Waals surface area contributed by atoms with Crippen molar-refractivity contribution in [3.8, 4) is 0 Å². The van der Waals surface area contributed by atoms with Crippen molar-refractivity contribution in [3.05, 3.63) is 47.8 Å². The Morgan fingerprint density at radius 1 is 1.19 bits per heavy atom. The minimum Gasteiger partial charge on any atom is -0.379 e. The largest absolute Gasteiger partial charge is 0.379 e. The van der Waals surface area contributed by atoms with Gasteiger partial charge >= 0.3 is 0 Å². The number of hydrogen-bond acceptors (Lipinski definition) is 2. The molecule has 0 saturated carbocycles. The van der Waals surface area contributed by atoms with Crippen LogP contribution in [0, 0.1) is 0 Å². The fourth-order valence-corrected chi connectivity index (χ4v) is 2.38. The first-order chi connectivity index (χ1) is 9.91. The molecule has 1 aromatic heterocycles. The molecule has 0 aliphatic rings. The van der Waals surface area contributed by atoms with Crippen molar-refractivity contribution in [2.75, 3.05) is 5.32 Å². The summed E-state index contributed by atoms with van der Waals surface area (Å²) in [6.07, 6.45) is 3.17. The lowest BCUT2D eigenvalue weighted by atomic mass is 9.86. The molecule has 1 unspecified atom stereocenters. The molecule has 0 fully saturated rings. The van der Waals surface area contributed by atoms with Gasteiger partial charge in [0.25, 0.3) is 0 Å². The summed E-state index contributed by atoms with van der Waals surface area (Å²) >= 11 is 0. The van der Waals surface area contributed by atoms with Crippen molar-refractivity contribution < 1.29 is 0 Å². The van der Waals surface area contributed by atoms with Gasteiger partial charge in [-0.25, -0.2) is 0 Å². The maximum absolute atomic E-state index is 4.64. The molecular formula is C18H27N3. The zero-order valence-corrected chi connectivity index (χ0v) is 13.9. The molecule has 0 radical (unpaired) electrons. The van der Waals surface area contributed by atoms with E-state index in [0.717, 1.165) is 18.7 Å². The smallest absolute Gasteiger partial charge is 0.0815 e. The quantitative estimate of drug-likeness (QED) is 0.858. The molecule has 0 amide bonds. The second kappa shape index (κ2) is 6.33. The van der Waals surface area contributed by atoms with Crippen LogP contribution in [0.2, 0.25) is 0 Å². The molecule has 0 spiro atoms. The maximum atomic E-state index is 4.64. The summed E-state index contributed by atoms with van der Waals surface area (Å²) < 4.78 is 2.05. The first-order valence-electron chi connectivity index (χ1n) is 7.79. The van der Waals surface area contributed by atoms with Gasteiger partial charge in [-0.05, 0) is 36.5 Å². The third kappa shape index (κ3) is 3.87. The minimum atomic E-state index is 0.139. The van der Waals surface area contributed by atoms with Gasteiger partial charge in [0.2, 0.25) is 0 Å². The molecule has 1 atom stereocenters. The van der Waals surface area contributed by atoms with Gasteiger partial charge in [0.1, 0.15) is 0 Å². The summed E-state index contributed by atoms with van der Waals surface area (Å²) in [5.74, 6) is 0. The van der Waals surface area contributed by atoms with Crippen molar-refractivity contribution in [3.63, 3.8) is 0 Å². The van der Waals surface area contributed by atoms with Gasteiger partial charge in [-0.15, -0.1) is 0 Å². The molecule has 2 rings (SSSR count). The summed E-state index contributed by atoms with van der Waals surface area (Å²) in [5.41, 5.74) is 3.76. The molecule has 0 saturated heterocycles. The lowest BCUT2D eigenvalue weighted by Gasteiger charge is -2.23. The average molecular weight is 285 g/mol. The van der Waals surface area contributed by atoms with Crippen LogP contribution < -0.4 is 5.32 Å². The van der Waals surface area contributed by atoms with E-state index in [0.29, 0.717) is 6.04 Å². The average Bonchev–Trinajstić information content (AvgIpc) is 2.92. The number of para-hydroxylation sites is 1. The number of aromatic nitrogens is 2. The van der Waals surface area contributed by atoms with E-state index in [2.05, 4.69) is 81.6 Å². The molecule has 1 aromatic carbocycles. The number of benzene rings is 1. The fraction of sp³-hybridized carbons (Fsp3) is 0.500. The molecule has 3 nitrogen and oxygen atoms in total. The van der Waals surface area contributed by atoms with Crippen molar-refractivity contribution in [1.82, 2.24) is 9.78 Å². The second-order valence-corrected chi connectivity index (χ2v) is 6.69. The summed E-state index contributed by atoms with van der Waals surface area (Å²) in [6, 6.07) is 11.1. The summed E-state index contributed by atoms with van der Waals surface area (Å²) in [4.78, 5) is 0. The van der Waals surface area contributed by atoms with Crippen LogP contribution in [0.1, 0.15) is 58.3 Å². The molecular weight excluding hydrogens is 258 g/mol. The molecule has 1 N–H and O–H groups in total. The van der Waals surface area contributed by atoms with E-state index in [1.807, 2.05) is 4.68 Å². The lowest BCUT2D eigenvalue weighted by molar-refractivity contribution is 0.474. The first kappa shape index (κ1) is 15.6. The second-order valence-electron chi connectivity index (χ2n) is 6.69. The summed E-state index contributed by atoms with van der Waals surface area (Å²) in [6.45, 7) is 11.9. The van der Waals surface area contributed by atoms with Gasteiger partial charge in [-0.1, -0.05) is 45.9 Å². The molecule has 0 aliphatic heterocycles. The molecule has 1 heterocycles. The highest BCUT2D eigenvalue weighted by Gasteiger charge is 2.17. The molecule has 0 aliphatic carbocycles. The Hall–Kier alpha value is -1.77. The highest BCUT2D eigenvalue weighted by atomic mass is 15.3. The zero-order chi connectivity index (χ0) is 15.5. The molecule has 0 bridgehead atoms. The standard InChI is InChI=1S/C18H27N3/c1-6-14(2)21-12-11-15(20-21)13-19-17-10-8-7-9-16(17)18(3,4)5/h7-12,14,19H,6,13H2,1-5H3. The molecule has 114 valence electrons. The Morgan fingerprint density at radius 3 is 2.57 bits per heavy atom. The third-order valence-corrected chi connectivity index (χ3v) is 3.90. The summed E-state index contributed by atoms with van der Waals surface area (Å²) in [5, 5.41) is 8.17. The van der Waals surface area contributed by atoms with Crippen LogP contribution in [-0.4, -0.2) is 9.78 Å². The number of hydrogen-bond donors (Lipinski definition) is 1. The van der Waals surface area contributed by atoms with Crippen molar-refractivity contribution in [2.45, 2.75) is 59.0 Å². The van der Waals surface area contributed by atoms with Gasteiger partial charge in [-0.2, -0.15) is 5.10 Å². The highest BCUT2D eigenvalue weighted by Crippen LogP contribution is 2.29. The summed E-state index contributed by atoms with van der Waals surface area (Å²) in [7, 11) is 0. The third-order valence-electron chi connectivity index (χ3n) is 3.90. The number of nitrogens with zero attached hydrogens (tertiary/aromatic N) is 2. The normalized spacial score (nSPS) is 13.2. The van der Waals surface area contributed by atoms with E-state index in [4.69, 9.17) is 0 Å². The Bertz CT molecular complexity index is 578. The first-order valence-corrected chi connectivity index (χ1v) is 7.79. The number of nitrogens with one attached hydrogen (secondary N) is 1. The van der Waals surface area contributed by atoms with E-state index in [-0.39, 0.29) is 5.41 Å². The van der Waals surface area contributed by atoms with E-state index < -0.39 is 0 Å². The highest BCUT2D eigenvalue weighted by molar-refractivity contribution is 5.54. The van der Waals surface area contributed by atoms with E-state index >= 15 is 0 Å². The SMILES string of the molecule is CCC(C)n1ccc(CNc2ccccc2C(C)(C)C)n1. The van der Waals surface area contributed by atoms with Crippen LogP contribution in [0.5, 0.6) is 0 Å². The van der Waals surface area contributed by atoms with Gasteiger partial charge < -0.3 is 5.32 Å². The van der Waals surface area contributed by atoms with Crippen molar-refractivity contribution >= 4 is 5.69 Å². The molecule has 21 heavy (non-hydrogen) atoms. The van der Waals surface area contributed by atoms with Crippen LogP contribution in [0.4, 0.5) is 5.69 Å². The van der Waals surface area contributed by atoms with Crippen molar-refractivity contribution in [2.24, 2.45) is 0 Å². The Kier molecular flexibility index (Phi) is 4.71. The van der Waals surface area contributed by atoms with Gasteiger partial charge in [-0.3, -0.25) is 4.68 Å². The van der Waals surface area contributed by atoms with Crippen LogP contribution in [0.15, 0.2) is 36.5 Å². The van der Waals surface area contributed by atoms with Gasteiger partial charge in [0.05, 0.1) is 12.2 Å². The fourth-order valence-electron chi connectivity index (χ4n) is 2.38. The van der Waals surface area contributed by atoms with Crippen LogP contribution >= 0.6 is 0 Å². The molecule has 3 heteroatoms. The predicted molar refractivity (Wildman–Crippen MR) is 89.7 cm³/mol. The molecule has 2 aromatic rings. The predicted octanol–water partition coefficient (Wildman–Crippen LogP) is 4.76. The van der Waals surface area contributed by atoms with Crippen LogP contribution in [0.3, 0.4) is 0 Å². The van der Waals surface area contributed by atoms with Crippen LogP contribution in [0.25, 0.3) is 0 Å². The zero-order valence-electron chi connectivity index (χ0n) is 13.9. The minimum absolute atomic E-state index is 0.139. The van der Waals surface area contributed by atoms with Crippen molar-refractivity contribution in [1.29, 1.82) is 0 Å². The topological polar surface area (TPSA) is 29.9 Å². The lowest BCUT2D eigenvalue weighted by Crippen LogP contribution is -2.15. The maximum Gasteiger partial charge on any atom is 0.0815 e. The van der Waals surface area contributed by atoms with E-state index in [1.54, 1.807) is 0 Å². The van der Waals surface area contributed by atoms with Crippen LogP contribution in [-0.2, 0) is 12.0 Å². The number of rotatable bonds is 5.